The van der Waals surface area contributed by atoms with Gasteiger partial charge in [0.05, 0.1) is 11.8 Å². The number of carboxylic acids is 1. The van der Waals surface area contributed by atoms with E-state index in [1.165, 1.54) is 12.1 Å². The van der Waals surface area contributed by atoms with Gasteiger partial charge >= 0.3 is 5.97 Å². The Bertz CT molecular complexity index is 501. The Labute approximate surface area is 108 Å². The van der Waals surface area contributed by atoms with Crippen LogP contribution in [0.3, 0.4) is 0 Å². The van der Waals surface area contributed by atoms with Gasteiger partial charge in [-0.1, -0.05) is 25.4 Å². The van der Waals surface area contributed by atoms with Gasteiger partial charge in [0.1, 0.15) is 0 Å². The lowest BCUT2D eigenvalue weighted by molar-refractivity contribution is -0.140. The predicted molar refractivity (Wildman–Crippen MR) is 64.1 cm³/mol. The van der Waals surface area contributed by atoms with Crippen LogP contribution in [0.2, 0.25) is 5.15 Å². The monoisotopic (exact) mass is 269 g/mol. The number of aromatic nitrogens is 2. The highest BCUT2D eigenvalue weighted by Gasteiger charge is 2.65. The van der Waals surface area contributed by atoms with Crippen LogP contribution >= 0.6 is 11.6 Å². The number of carbonyl (C=O) groups excluding carboxylic acids is 1. The van der Waals surface area contributed by atoms with Crippen LogP contribution in [0.1, 0.15) is 13.8 Å². The Morgan fingerprint density at radius 1 is 1.33 bits per heavy atom. The summed E-state index contributed by atoms with van der Waals surface area (Å²) in [5, 5.41) is 19.0. The van der Waals surface area contributed by atoms with Crippen LogP contribution in [-0.2, 0) is 9.59 Å². The number of hydrogen-bond acceptors (Lipinski definition) is 4. The van der Waals surface area contributed by atoms with Crippen molar-refractivity contribution < 1.29 is 14.7 Å². The van der Waals surface area contributed by atoms with Gasteiger partial charge in [0.25, 0.3) is 0 Å². The lowest BCUT2D eigenvalue weighted by Crippen LogP contribution is -2.18. The Hall–Kier alpha value is -1.69. The first-order chi connectivity index (χ1) is 8.34. The largest absolute Gasteiger partial charge is 0.481 e. The summed E-state index contributed by atoms with van der Waals surface area (Å²) in [6.45, 7) is 3.51. The molecule has 2 unspecified atom stereocenters. The highest BCUT2D eigenvalue weighted by Crippen LogP contribution is 2.58. The number of aliphatic carboxylic acids is 1. The van der Waals surface area contributed by atoms with Crippen LogP contribution in [0, 0.1) is 17.3 Å². The van der Waals surface area contributed by atoms with Crippen LogP contribution in [-0.4, -0.2) is 27.2 Å². The van der Waals surface area contributed by atoms with E-state index in [-0.39, 0.29) is 16.9 Å². The quantitative estimate of drug-likeness (QED) is 0.866. The van der Waals surface area contributed by atoms with Gasteiger partial charge in [-0.15, -0.1) is 10.2 Å². The van der Waals surface area contributed by atoms with Crippen molar-refractivity contribution in [2.24, 2.45) is 17.3 Å². The van der Waals surface area contributed by atoms with Gasteiger partial charge in [-0.3, -0.25) is 9.59 Å². The van der Waals surface area contributed by atoms with Gasteiger partial charge in [-0.05, 0) is 17.5 Å². The molecule has 1 aromatic rings. The Balaban J connectivity index is 2.06. The average molecular weight is 270 g/mol. The Kier molecular flexibility index (Phi) is 2.98. The number of carbonyl (C=O) groups is 2. The van der Waals surface area contributed by atoms with E-state index in [4.69, 9.17) is 16.7 Å². The summed E-state index contributed by atoms with van der Waals surface area (Å²) in [4.78, 5) is 22.9. The SMILES string of the molecule is CC1(C)C(C(=O)O)C1C(=O)Nc1ccc(Cl)nn1. The summed E-state index contributed by atoms with van der Waals surface area (Å²) in [6.07, 6.45) is 0. The molecule has 6 nitrogen and oxygen atoms in total. The number of amides is 1. The van der Waals surface area contributed by atoms with Crippen molar-refractivity contribution in [3.8, 4) is 0 Å². The van der Waals surface area contributed by atoms with Gasteiger partial charge in [0, 0.05) is 0 Å². The van der Waals surface area contributed by atoms with Crippen molar-refractivity contribution in [2.75, 3.05) is 5.32 Å². The van der Waals surface area contributed by atoms with Crippen LogP contribution in [0.25, 0.3) is 0 Å². The van der Waals surface area contributed by atoms with Crippen molar-refractivity contribution in [3.05, 3.63) is 17.3 Å². The van der Waals surface area contributed by atoms with E-state index in [0.717, 1.165) is 0 Å². The Morgan fingerprint density at radius 2 is 2.00 bits per heavy atom. The molecule has 96 valence electrons. The fourth-order valence-corrected chi connectivity index (χ4v) is 2.28. The molecule has 1 aliphatic rings. The van der Waals surface area contributed by atoms with Crippen molar-refractivity contribution in [1.82, 2.24) is 10.2 Å². The fraction of sp³-hybridized carbons (Fsp3) is 0.455. The zero-order valence-corrected chi connectivity index (χ0v) is 10.6. The predicted octanol–water partition coefficient (Wildman–Crippen LogP) is 1.43. The van der Waals surface area contributed by atoms with E-state index in [0.29, 0.717) is 0 Å². The number of carboxylic acid groups (broad SMARTS) is 1. The standard InChI is InChI=1S/C11H12ClN3O3/c1-11(2)7(8(11)10(17)18)9(16)13-6-4-3-5(12)14-15-6/h3-4,7-8H,1-2H3,(H,17,18)(H,13,15,16). The summed E-state index contributed by atoms with van der Waals surface area (Å²) in [5.41, 5.74) is -0.532. The van der Waals surface area contributed by atoms with Gasteiger partial charge in [-0.2, -0.15) is 0 Å². The van der Waals surface area contributed by atoms with Gasteiger partial charge in [0.15, 0.2) is 11.0 Å². The summed E-state index contributed by atoms with van der Waals surface area (Å²) in [7, 11) is 0. The summed E-state index contributed by atoms with van der Waals surface area (Å²) >= 11 is 5.57. The third kappa shape index (κ3) is 2.15. The third-order valence-electron chi connectivity index (χ3n) is 3.26. The number of halogens is 1. The molecule has 1 aliphatic carbocycles. The second-order valence-electron chi connectivity index (χ2n) is 4.85. The maximum atomic E-state index is 11.9. The molecule has 18 heavy (non-hydrogen) atoms. The number of nitrogens with zero attached hydrogens (tertiary/aromatic N) is 2. The number of anilines is 1. The van der Waals surface area contributed by atoms with Crippen LogP contribution in [0.5, 0.6) is 0 Å². The molecule has 0 aromatic carbocycles. The summed E-state index contributed by atoms with van der Waals surface area (Å²) in [5.74, 6) is -2.26. The number of rotatable bonds is 3. The minimum absolute atomic E-state index is 0.225. The Morgan fingerprint density at radius 3 is 2.44 bits per heavy atom. The van der Waals surface area contributed by atoms with E-state index < -0.39 is 23.2 Å². The maximum absolute atomic E-state index is 11.9. The minimum atomic E-state index is -0.956. The van der Waals surface area contributed by atoms with Crippen molar-refractivity contribution in [1.29, 1.82) is 0 Å². The molecule has 2 rings (SSSR count). The topological polar surface area (TPSA) is 92.2 Å². The zero-order chi connectivity index (χ0) is 13.5. The third-order valence-corrected chi connectivity index (χ3v) is 3.46. The maximum Gasteiger partial charge on any atom is 0.307 e. The normalized spacial score (nSPS) is 24.4. The second kappa shape index (κ2) is 4.20. The molecule has 1 saturated carbocycles. The van der Waals surface area contributed by atoms with Gasteiger partial charge in [-0.25, -0.2) is 0 Å². The minimum Gasteiger partial charge on any atom is -0.481 e. The zero-order valence-electron chi connectivity index (χ0n) is 9.85. The molecule has 7 heteroatoms. The lowest BCUT2D eigenvalue weighted by Gasteiger charge is -2.04. The molecule has 0 spiro atoms. The highest BCUT2D eigenvalue weighted by atomic mass is 35.5. The molecule has 0 radical (unpaired) electrons. The second-order valence-corrected chi connectivity index (χ2v) is 5.23. The molecule has 1 heterocycles. The molecule has 1 amide bonds. The molecule has 2 atom stereocenters. The van der Waals surface area contributed by atoms with Crippen molar-refractivity contribution in [2.45, 2.75) is 13.8 Å². The lowest BCUT2D eigenvalue weighted by atomic mass is 10.1. The van der Waals surface area contributed by atoms with E-state index in [9.17, 15) is 9.59 Å². The molecular weight excluding hydrogens is 258 g/mol. The van der Waals surface area contributed by atoms with Crippen LogP contribution in [0.4, 0.5) is 5.82 Å². The number of hydrogen-bond donors (Lipinski definition) is 2. The number of nitrogens with one attached hydrogen (secondary N) is 1. The molecule has 0 bridgehead atoms. The fourth-order valence-electron chi connectivity index (χ4n) is 2.17. The first-order valence-electron chi connectivity index (χ1n) is 5.37. The van der Waals surface area contributed by atoms with E-state index in [1.54, 1.807) is 13.8 Å². The van der Waals surface area contributed by atoms with E-state index >= 15 is 0 Å². The average Bonchev–Trinajstić information content (AvgIpc) is 2.85. The molecule has 0 aliphatic heterocycles. The van der Waals surface area contributed by atoms with E-state index in [2.05, 4.69) is 15.5 Å². The smallest absolute Gasteiger partial charge is 0.307 e. The summed E-state index contributed by atoms with van der Waals surface area (Å²) < 4.78 is 0. The molecule has 1 fully saturated rings. The van der Waals surface area contributed by atoms with Crippen molar-refractivity contribution >= 4 is 29.3 Å². The molecule has 1 aromatic heterocycles. The summed E-state index contributed by atoms with van der Waals surface area (Å²) in [6, 6.07) is 3.01. The first kappa shape index (κ1) is 12.8. The van der Waals surface area contributed by atoms with Crippen LogP contribution in [0.15, 0.2) is 12.1 Å². The van der Waals surface area contributed by atoms with Gasteiger partial charge in [0.2, 0.25) is 5.91 Å². The van der Waals surface area contributed by atoms with Crippen molar-refractivity contribution in [3.63, 3.8) is 0 Å². The van der Waals surface area contributed by atoms with Gasteiger partial charge < -0.3 is 10.4 Å². The first-order valence-corrected chi connectivity index (χ1v) is 5.74. The molecule has 0 saturated heterocycles. The highest BCUT2D eigenvalue weighted by molar-refractivity contribution is 6.29. The van der Waals surface area contributed by atoms with Crippen LogP contribution < -0.4 is 5.32 Å². The van der Waals surface area contributed by atoms with E-state index in [1.807, 2.05) is 0 Å². The molecular formula is C11H12ClN3O3. The molecule has 2 N–H and O–H groups in total.